The Morgan fingerprint density at radius 1 is 1.50 bits per heavy atom. The number of H-pyrrole nitrogens is 1. The van der Waals surface area contributed by atoms with Crippen LogP contribution in [0.4, 0.5) is 0 Å². The van der Waals surface area contributed by atoms with Crippen LogP contribution in [0.5, 0.6) is 0 Å². The second-order valence-electron chi connectivity index (χ2n) is 4.33. The van der Waals surface area contributed by atoms with Crippen LogP contribution in [-0.2, 0) is 13.0 Å². The molecule has 1 amide bonds. The van der Waals surface area contributed by atoms with Crippen LogP contribution >= 0.6 is 0 Å². The number of carbonyl (C=O) groups is 1. The molecule has 1 aliphatic rings. The highest BCUT2D eigenvalue weighted by Gasteiger charge is 2.24. The van der Waals surface area contributed by atoms with Crippen LogP contribution < -0.4 is 0 Å². The van der Waals surface area contributed by atoms with Crippen molar-refractivity contribution < 1.29 is 4.79 Å². The molecule has 0 spiro atoms. The summed E-state index contributed by atoms with van der Waals surface area (Å²) in [7, 11) is 0. The number of pyridine rings is 1. The predicted molar refractivity (Wildman–Crippen MR) is 63.8 cm³/mol. The lowest BCUT2D eigenvalue weighted by Crippen LogP contribution is -2.36. The first-order valence-corrected chi connectivity index (χ1v) is 5.85. The van der Waals surface area contributed by atoms with E-state index in [1.807, 2.05) is 12.1 Å². The zero-order chi connectivity index (χ0) is 12.5. The Labute approximate surface area is 104 Å². The van der Waals surface area contributed by atoms with E-state index >= 15 is 0 Å². The molecule has 0 fully saturated rings. The molecule has 0 aliphatic carbocycles. The zero-order valence-corrected chi connectivity index (χ0v) is 10.1. The van der Waals surface area contributed by atoms with Crippen molar-refractivity contribution in [1.29, 1.82) is 0 Å². The van der Waals surface area contributed by atoms with Crippen molar-refractivity contribution in [3.05, 3.63) is 41.2 Å². The van der Waals surface area contributed by atoms with Gasteiger partial charge in [-0.2, -0.15) is 0 Å². The van der Waals surface area contributed by atoms with E-state index in [9.17, 15) is 4.79 Å². The summed E-state index contributed by atoms with van der Waals surface area (Å²) in [6.07, 6.45) is 2.57. The molecule has 3 rings (SSSR count). The predicted octanol–water partition coefficient (Wildman–Crippen LogP) is 0.707. The summed E-state index contributed by atoms with van der Waals surface area (Å²) in [5, 5.41) is 6.59. The van der Waals surface area contributed by atoms with Crippen LogP contribution in [0.3, 0.4) is 0 Å². The summed E-state index contributed by atoms with van der Waals surface area (Å²) in [4.78, 5) is 22.3. The van der Waals surface area contributed by atoms with E-state index in [1.54, 1.807) is 18.0 Å². The van der Waals surface area contributed by atoms with Gasteiger partial charge in [-0.15, -0.1) is 5.10 Å². The average Bonchev–Trinajstić information content (AvgIpc) is 2.84. The fraction of sp³-hybridized carbons (Fsp3) is 0.333. The Balaban J connectivity index is 1.82. The lowest BCUT2D eigenvalue weighted by molar-refractivity contribution is 0.0721. The van der Waals surface area contributed by atoms with Gasteiger partial charge in [0.25, 0.3) is 5.91 Å². The van der Waals surface area contributed by atoms with Crippen LogP contribution in [0.15, 0.2) is 18.3 Å². The van der Waals surface area contributed by atoms with E-state index in [-0.39, 0.29) is 11.7 Å². The molecule has 0 unspecified atom stereocenters. The maximum atomic E-state index is 12.2. The summed E-state index contributed by atoms with van der Waals surface area (Å²) < 4.78 is 0. The number of aromatic nitrogens is 4. The molecule has 92 valence electrons. The van der Waals surface area contributed by atoms with Crippen molar-refractivity contribution in [3.8, 4) is 0 Å². The Morgan fingerprint density at radius 3 is 3.17 bits per heavy atom. The summed E-state index contributed by atoms with van der Waals surface area (Å²) in [6, 6.07) is 3.90. The molecule has 6 nitrogen and oxygen atoms in total. The van der Waals surface area contributed by atoms with Gasteiger partial charge < -0.3 is 4.90 Å². The van der Waals surface area contributed by atoms with E-state index in [0.717, 1.165) is 17.7 Å². The molecule has 18 heavy (non-hydrogen) atoms. The minimum absolute atomic E-state index is 0.131. The SMILES string of the molecule is Cc1nc(C(=O)N2CCc3ncccc3C2)n[nH]1. The van der Waals surface area contributed by atoms with Gasteiger partial charge in [0, 0.05) is 31.4 Å². The maximum Gasteiger partial charge on any atom is 0.293 e. The summed E-state index contributed by atoms with van der Waals surface area (Å²) >= 11 is 0. The number of hydrogen-bond donors (Lipinski definition) is 1. The Kier molecular flexibility index (Phi) is 2.55. The van der Waals surface area contributed by atoms with Gasteiger partial charge in [0.05, 0.1) is 0 Å². The molecule has 2 aromatic heterocycles. The number of aromatic amines is 1. The van der Waals surface area contributed by atoms with Gasteiger partial charge in [0.2, 0.25) is 5.82 Å². The molecule has 0 saturated heterocycles. The summed E-state index contributed by atoms with van der Waals surface area (Å²) in [6.45, 7) is 3.02. The Hall–Kier alpha value is -2.24. The number of hydrogen-bond acceptors (Lipinski definition) is 4. The van der Waals surface area contributed by atoms with E-state index in [0.29, 0.717) is 18.9 Å². The first-order valence-electron chi connectivity index (χ1n) is 5.85. The highest BCUT2D eigenvalue weighted by Crippen LogP contribution is 2.17. The molecule has 1 aliphatic heterocycles. The van der Waals surface area contributed by atoms with Crippen molar-refractivity contribution in [2.24, 2.45) is 0 Å². The molecule has 3 heterocycles. The Morgan fingerprint density at radius 2 is 2.39 bits per heavy atom. The molecule has 0 saturated carbocycles. The van der Waals surface area contributed by atoms with Crippen molar-refractivity contribution in [2.45, 2.75) is 19.9 Å². The van der Waals surface area contributed by atoms with Gasteiger partial charge in [-0.1, -0.05) is 6.07 Å². The number of aryl methyl sites for hydroxylation is 1. The number of nitrogens with zero attached hydrogens (tertiary/aromatic N) is 4. The number of carbonyl (C=O) groups excluding carboxylic acids is 1. The molecule has 2 aromatic rings. The molecule has 0 radical (unpaired) electrons. The molecular weight excluding hydrogens is 230 g/mol. The van der Waals surface area contributed by atoms with Gasteiger partial charge in [0.1, 0.15) is 5.82 Å². The van der Waals surface area contributed by atoms with Crippen LogP contribution in [0, 0.1) is 6.92 Å². The van der Waals surface area contributed by atoms with Crippen LogP contribution in [0.25, 0.3) is 0 Å². The fourth-order valence-electron chi connectivity index (χ4n) is 2.12. The third kappa shape index (κ3) is 1.85. The number of fused-ring (bicyclic) bond motifs is 1. The highest BCUT2D eigenvalue weighted by molar-refractivity contribution is 5.90. The average molecular weight is 243 g/mol. The second-order valence-corrected chi connectivity index (χ2v) is 4.33. The lowest BCUT2D eigenvalue weighted by atomic mass is 10.1. The van der Waals surface area contributed by atoms with Crippen LogP contribution in [0.1, 0.15) is 27.7 Å². The summed E-state index contributed by atoms with van der Waals surface area (Å²) in [5.41, 5.74) is 2.18. The Bertz CT molecular complexity index is 592. The van der Waals surface area contributed by atoms with E-state index in [4.69, 9.17) is 0 Å². The third-order valence-corrected chi connectivity index (χ3v) is 3.04. The largest absolute Gasteiger partial charge is 0.331 e. The molecule has 6 heteroatoms. The zero-order valence-electron chi connectivity index (χ0n) is 10.1. The van der Waals surface area contributed by atoms with Gasteiger partial charge >= 0.3 is 0 Å². The monoisotopic (exact) mass is 243 g/mol. The van der Waals surface area contributed by atoms with Gasteiger partial charge in [-0.3, -0.25) is 14.9 Å². The van der Waals surface area contributed by atoms with Crippen molar-refractivity contribution in [3.63, 3.8) is 0 Å². The van der Waals surface area contributed by atoms with Gasteiger partial charge in [0.15, 0.2) is 0 Å². The number of nitrogens with one attached hydrogen (secondary N) is 1. The lowest BCUT2D eigenvalue weighted by Gasteiger charge is -2.27. The minimum atomic E-state index is -0.131. The topological polar surface area (TPSA) is 74.8 Å². The van der Waals surface area contributed by atoms with Crippen molar-refractivity contribution in [2.75, 3.05) is 6.54 Å². The maximum absolute atomic E-state index is 12.2. The normalized spacial score (nSPS) is 14.4. The number of rotatable bonds is 1. The molecule has 1 N–H and O–H groups in total. The molecule has 0 aromatic carbocycles. The second kappa shape index (κ2) is 4.21. The minimum Gasteiger partial charge on any atom is -0.331 e. The quantitative estimate of drug-likeness (QED) is 0.800. The first-order chi connectivity index (χ1) is 8.74. The third-order valence-electron chi connectivity index (χ3n) is 3.04. The van der Waals surface area contributed by atoms with Crippen LogP contribution in [-0.4, -0.2) is 37.5 Å². The van der Waals surface area contributed by atoms with Gasteiger partial charge in [-0.05, 0) is 18.6 Å². The van der Waals surface area contributed by atoms with Gasteiger partial charge in [-0.25, -0.2) is 4.98 Å². The van der Waals surface area contributed by atoms with Crippen molar-refractivity contribution >= 4 is 5.91 Å². The molecule has 0 atom stereocenters. The van der Waals surface area contributed by atoms with Crippen LogP contribution in [0.2, 0.25) is 0 Å². The van der Waals surface area contributed by atoms with E-state index in [2.05, 4.69) is 20.2 Å². The summed E-state index contributed by atoms with van der Waals surface area (Å²) in [5.74, 6) is 0.756. The smallest absolute Gasteiger partial charge is 0.293 e. The van der Waals surface area contributed by atoms with E-state index < -0.39 is 0 Å². The van der Waals surface area contributed by atoms with Crippen molar-refractivity contribution in [1.82, 2.24) is 25.1 Å². The molecular formula is C12H13N5O. The standard InChI is InChI=1S/C12H13N5O/c1-8-14-11(16-15-8)12(18)17-6-4-10-9(7-17)3-2-5-13-10/h2-3,5H,4,6-7H2,1H3,(H,14,15,16). The molecule has 0 bridgehead atoms. The first kappa shape index (κ1) is 10.9. The van der Waals surface area contributed by atoms with E-state index in [1.165, 1.54) is 0 Å². The highest BCUT2D eigenvalue weighted by atomic mass is 16.2. The number of amides is 1. The fourth-order valence-corrected chi connectivity index (χ4v) is 2.12.